The molecule has 8 nitrogen and oxygen atoms in total. The van der Waals surface area contributed by atoms with Crippen molar-refractivity contribution in [2.24, 2.45) is 0 Å². The number of hydrogen-bond acceptors (Lipinski definition) is 7. The molecule has 2 aromatic rings. The van der Waals surface area contributed by atoms with E-state index in [0.717, 1.165) is 5.56 Å². The van der Waals surface area contributed by atoms with Crippen LogP contribution < -0.4 is 15.8 Å². The second kappa shape index (κ2) is 5.83. The van der Waals surface area contributed by atoms with Gasteiger partial charge in [0, 0.05) is 24.9 Å². The van der Waals surface area contributed by atoms with Gasteiger partial charge in [-0.15, -0.1) is 0 Å². The Kier molecular flexibility index (Phi) is 3.94. The van der Waals surface area contributed by atoms with Crippen LogP contribution in [-0.4, -0.2) is 22.0 Å². The van der Waals surface area contributed by atoms with Crippen molar-refractivity contribution in [2.45, 2.75) is 6.54 Å². The molecule has 0 aliphatic carbocycles. The Balaban J connectivity index is 2.17. The third-order valence-corrected chi connectivity index (χ3v) is 2.56. The first-order chi connectivity index (χ1) is 9.60. The molecular formula is C12H13N5O3. The smallest absolute Gasteiger partial charge is 0.311 e. The van der Waals surface area contributed by atoms with Crippen molar-refractivity contribution in [3.05, 3.63) is 46.1 Å². The molecule has 2 heterocycles. The number of nitro groups is 1. The fourth-order valence-corrected chi connectivity index (χ4v) is 1.60. The standard InChI is InChI=1S/C12H13N5O3/c1-20-11-6-8(4-5-14-11)7-15-12-9(17(18)19)2-3-10(13)16-12/h2-6H,7H2,1H3,(H3,13,15,16). The van der Waals surface area contributed by atoms with E-state index in [-0.39, 0.29) is 17.3 Å². The Labute approximate surface area is 114 Å². The molecule has 20 heavy (non-hydrogen) atoms. The number of aromatic nitrogens is 2. The molecule has 0 aliphatic rings. The zero-order valence-corrected chi connectivity index (χ0v) is 10.7. The second-order valence-corrected chi connectivity index (χ2v) is 3.92. The lowest BCUT2D eigenvalue weighted by Gasteiger charge is -2.07. The van der Waals surface area contributed by atoms with Crippen LogP contribution >= 0.6 is 0 Å². The lowest BCUT2D eigenvalue weighted by atomic mass is 10.2. The number of ether oxygens (including phenoxy) is 1. The molecule has 2 rings (SSSR count). The molecule has 2 aromatic heterocycles. The van der Waals surface area contributed by atoms with Gasteiger partial charge < -0.3 is 15.8 Å². The van der Waals surface area contributed by atoms with Crippen LogP contribution in [0.1, 0.15) is 5.56 Å². The fraction of sp³-hybridized carbons (Fsp3) is 0.167. The first kappa shape index (κ1) is 13.5. The first-order valence-corrected chi connectivity index (χ1v) is 5.74. The normalized spacial score (nSPS) is 10.1. The Morgan fingerprint density at radius 3 is 2.95 bits per heavy atom. The van der Waals surface area contributed by atoms with E-state index in [1.54, 1.807) is 18.3 Å². The van der Waals surface area contributed by atoms with Gasteiger partial charge in [-0.3, -0.25) is 10.1 Å². The van der Waals surface area contributed by atoms with E-state index in [4.69, 9.17) is 10.5 Å². The number of nitrogens with zero attached hydrogens (tertiary/aromatic N) is 3. The van der Waals surface area contributed by atoms with Crippen LogP contribution in [0, 0.1) is 10.1 Å². The lowest BCUT2D eigenvalue weighted by Crippen LogP contribution is -2.06. The molecule has 0 radical (unpaired) electrons. The van der Waals surface area contributed by atoms with Gasteiger partial charge in [0.05, 0.1) is 12.0 Å². The maximum absolute atomic E-state index is 10.9. The van der Waals surface area contributed by atoms with Gasteiger partial charge in [0.15, 0.2) is 0 Å². The average molecular weight is 275 g/mol. The minimum absolute atomic E-state index is 0.125. The number of hydrogen-bond donors (Lipinski definition) is 2. The zero-order chi connectivity index (χ0) is 14.5. The van der Waals surface area contributed by atoms with E-state index in [1.165, 1.54) is 19.2 Å². The maximum atomic E-state index is 10.9. The van der Waals surface area contributed by atoms with Gasteiger partial charge >= 0.3 is 5.69 Å². The molecule has 3 N–H and O–H groups in total. The molecule has 0 fully saturated rings. The molecule has 0 atom stereocenters. The Morgan fingerprint density at radius 1 is 1.45 bits per heavy atom. The van der Waals surface area contributed by atoms with Crippen molar-refractivity contribution in [3.8, 4) is 5.88 Å². The summed E-state index contributed by atoms with van der Waals surface area (Å²) in [6, 6.07) is 6.20. The summed E-state index contributed by atoms with van der Waals surface area (Å²) in [7, 11) is 1.52. The van der Waals surface area contributed by atoms with Gasteiger partial charge in [-0.2, -0.15) is 0 Å². The highest BCUT2D eigenvalue weighted by Gasteiger charge is 2.15. The topological polar surface area (TPSA) is 116 Å². The SMILES string of the molecule is COc1cc(CNc2nc(N)ccc2[N+](=O)[O-])ccn1. The van der Waals surface area contributed by atoms with Crippen molar-refractivity contribution in [3.63, 3.8) is 0 Å². The second-order valence-electron chi connectivity index (χ2n) is 3.92. The highest BCUT2D eigenvalue weighted by atomic mass is 16.6. The largest absolute Gasteiger partial charge is 0.481 e. The van der Waals surface area contributed by atoms with Crippen LogP contribution in [0.2, 0.25) is 0 Å². The highest BCUT2D eigenvalue weighted by Crippen LogP contribution is 2.23. The zero-order valence-electron chi connectivity index (χ0n) is 10.7. The van der Waals surface area contributed by atoms with E-state index < -0.39 is 4.92 Å². The molecule has 0 saturated carbocycles. The molecule has 0 spiro atoms. The summed E-state index contributed by atoms with van der Waals surface area (Å²) in [5.41, 5.74) is 6.27. The molecule has 0 bridgehead atoms. The minimum Gasteiger partial charge on any atom is -0.481 e. The minimum atomic E-state index is -0.512. The van der Waals surface area contributed by atoms with Crippen LogP contribution in [0.4, 0.5) is 17.3 Å². The number of pyridine rings is 2. The fourth-order valence-electron chi connectivity index (χ4n) is 1.60. The van der Waals surface area contributed by atoms with Crippen LogP contribution in [0.25, 0.3) is 0 Å². The highest BCUT2D eigenvalue weighted by molar-refractivity contribution is 5.59. The van der Waals surface area contributed by atoms with Crippen LogP contribution in [-0.2, 0) is 6.54 Å². The summed E-state index contributed by atoms with van der Waals surface area (Å²) < 4.78 is 5.01. The molecule has 8 heteroatoms. The molecule has 104 valence electrons. The predicted octanol–water partition coefficient (Wildman–Crippen LogP) is 1.59. The van der Waals surface area contributed by atoms with Gasteiger partial charge in [0.2, 0.25) is 11.7 Å². The summed E-state index contributed by atoms with van der Waals surface area (Å²) >= 11 is 0. The summed E-state index contributed by atoms with van der Waals surface area (Å²) in [4.78, 5) is 18.3. The predicted molar refractivity (Wildman–Crippen MR) is 73.4 cm³/mol. The van der Waals surface area contributed by atoms with Gasteiger partial charge in [-0.25, -0.2) is 9.97 Å². The Bertz CT molecular complexity index is 632. The van der Waals surface area contributed by atoms with E-state index in [1.807, 2.05) is 0 Å². The quantitative estimate of drug-likeness (QED) is 0.628. The number of methoxy groups -OCH3 is 1. The van der Waals surface area contributed by atoms with Gasteiger partial charge in [-0.1, -0.05) is 0 Å². The van der Waals surface area contributed by atoms with Crippen molar-refractivity contribution < 1.29 is 9.66 Å². The molecule has 0 aromatic carbocycles. The molecular weight excluding hydrogens is 262 g/mol. The van der Waals surface area contributed by atoms with Gasteiger partial charge in [0.1, 0.15) is 5.82 Å². The van der Waals surface area contributed by atoms with Gasteiger partial charge in [-0.05, 0) is 17.7 Å². The van der Waals surface area contributed by atoms with Crippen LogP contribution in [0.15, 0.2) is 30.5 Å². The van der Waals surface area contributed by atoms with Crippen molar-refractivity contribution in [1.82, 2.24) is 9.97 Å². The number of anilines is 2. The third kappa shape index (κ3) is 3.10. The lowest BCUT2D eigenvalue weighted by molar-refractivity contribution is -0.384. The summed E-state index contributed by atoms with van der Waals surface area (Å²) in [6.07, 6.45) is 1.59. The van der Waals surface area contributed by atoms with Crippen molar-refractivity contribution >= 4 is 17.3 Å². The molecule has 0 amide bonds. The van der Waals surface area contributed by atoms with Crippen molar-refractivity contribution in [2.75, 3.05) is 18.2 Å². The maximum Gasteiger partial charge on any atom is 0.311 e. The third-order valence-electron chi connectivity index (χ3n) is 2.56. The van der Waals surface area contributed by atoms with E-state index in [0.29, 0.717) is 12.4 Å². The van der Waals surface area contributed by atoms with E-state index in [9.17, 15) is 10.1 Å². The van der Waals surface area contributed by atoms with Crippen LogP contribution in [0.5, 0.6) is 5.88 Å². The van der Waals surface area contributed by atoms with Crippen molar-refractivity contribution in [1.29, 1.82) is 0 Å². The number of nitrogens with two attached hydrogens (primary N) is 1. The number of rotatable bonds is 5. The summed E-state index contributed by atoms with van der Waals surface area (Å²) in [6.45, 7) is 0.343. The summed E-state index contributed by atoms with van der Waals surface area (Å²) in [5, 5.41) is 13.8. The van der Waals surface area contributed by atoms with E-state index in [2.05, 4.69) is 15.3 Å². The Morgan fingerprint density at radius 2 is 2.25 bits per heavy atom. The summed E-state index contributed by atoms with van der Waals surface area (Å²) in [5.74, 6) is 0.815. The average Bonchev–Trinajstić information content (AvgIpc) is 2.45. The molecule has 0 saturated heterocycles. The number of nitrogen functional groups attached to an aromatic ring is 1. The molecule has 0 aliphatic heterocycles. The van der Waals surface area contributed by atoms with Crippen LogP contribution in [0.3, 0.4) is 0 Å². The monoisotopic (exact) mass is 275 g/mol. The first-order valence-electron chi connectivity index (χ1n) is 5.74. The van der Waals surface area contributed by atoms with Gasteiger partial charge in [0.25, 0.3) is 0 Å². The number of nitrogens with one attached hydrogen (secondary N) is 1. The Hall–Kier alpha value is -2.90. The van der Waals surface area contributed by atoms with E-state index >= 15 is 0 Å². The molecule has 0 unspecified atom stereocenters.